The number of hydrogen-bond donors (Lipinski definition) is 0. The van der Waals surface area contributed by atoms with Gasteiger partial charge in [-0.05, 0) is 10.8 Å². The van der Waals surface area contributed by atoms with Crippen molar-refractivity contribution in [2.45, 2.75) is 107 Å². The minimum Gasteiger partial charge on any atom is -1.00 e. The number of halogens is 2. The third-order valence-electron chi connectivity index (χ3n) is 6.75. The number of rotatable bonds is 1. The van der Waals surface area contributed by atoms with Crippen molar-refractivity contribution in [3.05, 3.63) is 76.9 Å². The van der Waals surface area contributed by atoms with E-state index in [0.717, 1.165) is 6.42 Å². The summed E-state index contributed by atoms with van der Waals surface area (Å²) in [6, 6.07) is 16.1. The molecule has 214 valence electrons. The molecular formula is C36H50Cl2Zr-2. The molecule has 0 saturated carbocycles. The van der Waals surface area contributed by atoms with Crippen molar-refractivity contribution < 1.29 is 49.0 Å². The molecule has 0 saturated heterocycles. The van der Waals surface area contributed by atoms with E-state index in [1.807, 2.05) is 0 Å². The molecule has 1 unspecified atom stereocenters. The van der Waals surface area contributed by atoms with Crippen LogP contribution in [-0.2, 0) is 35.1 Å². The van der Waals surface area contributed by atoms with Crippen LogP contribution in [0, 0.1) is 17.4 Å². The molecule has 3 heteroatoms. The standard InChI is InChI=1S/C21H25.C12H19.C3H6.2ClH.Zr/c1-20(2,3)16-9-7-14-11-15-8-10-17(21(4,5)6)13-19(15)18(14)12-16;1-6-10-7-9(2)8-11(10)12(3,4)5;1-3-2;;;/h7-13H,1-6H3;8-9H,6H2,1-5H3;1-2H3;2*1H;/q2*-1;;;;+2/p-2. The number of hydrogen-bond acceptors (Lipinski definition) is 0. The Balaban J connectivity index is 0.000000687. The first-order valence-corrected chi connectivity index (χ1v) is 15.1. The second-order valence-electron chi connectivity index (χ2n) is 13.8. The summed E-state index contributed by atoms with van der Waals surface area (Å²) in [5, 5.41) is 5.49. The van der Waals surface area contributed by atoms with Crippen LogP contribution >= 0.6 is 0 Å². The summed E-state index contributed by atoms with van der Waals surface area (Å²) in [7, 11) is 0. The van der Waals surface area contributed by atoms with Gasteiger partial charge in [-0.1, -0.05) is 129 Å². The van der Waals surface area contributed by atoms with Crippen LogP contribution in [-0.4, -0.2) is 3.21 Å². The molecule has 0 bridgehead atoms. The number of benzene rings is 2. The average molecular weight is 645 g/mol. The van der Waals surface area contributed by atoms with Crippen molar-refractivity contribution >= 4 is 24.8 Å². The van der Waals surface area contributed by atoms with Crippen molar-refractivity contribution in [3.63, 3.8) is 0 Å². The predicted octanol–water partition coefficient (Wildman–Crippen LogP) is 4.81. The molecule has 0 fully saturated rings. The quantitative estimate of drug-likeness (QED) is 0.334. The molecule has 0 aliphatic heterocycles. The molecule has 0 N–H and O–H groups in total. The maximum absolute atomic E-state index is 3.48. The van der Waals surface area contributed by atoms with E-state index in [2.05, 4.69) is 145 Å². The molecule has 0 spiro atoms. The number of fused-ring (bicyclic) bond motifs is 3. The van der Waals surface area contributed by atoms with Gasteiger partial charge in [0.1, 0.15) is 0 Å². The summed E-state index contributed by atoms with van der Waals surface area (Å²) >= 11 is 1.55. The molecule has 3 aromatic rings. The van der Waals surface area contributed by atoms with E-state index in [1.165, 1.54) is 47.0 Å². The van der Waals surface area contributed by atoms with Gasteiger partial charge >= 0.3 is 41.3 Å². The van der Waals surface area contributed by atoms with E-state index in [1.54, 1.807) is 24.2 Å². The summed E-state index contributed by atoms with van der Waals surface area (Å²) in [6.07, 6.45) is 6.95. The molecule has 3 aromatic carbocycles. The van der Waals surface area contributed by atoms with Crippen molar-refractivity contribution in [1.82, 2.24) is 0 Å². The van der Waals surface area contributed by atoms with Crippen molar-refractivity contribution in [2.24, 2.45) is 11.3 Å². The largest absolute Gasteiger partial charge is 1.00 e. The molecule has 0 amide bonds. The SMILES string of the molecule is CC(C)(C)c1ccc2[cH-]c3ccc(C(C)(C)C)cc3c2c1.CCC1=[C-]C(C)C=C1C(C)(C)C.C[C](C)=[Zr+2].[Cl-].[Cl-]. The summed E-state index contributed by atoms with van der Waals surface area (Å²) in [4.78, 5) is 0. The fraction of sp³-hybridized carbons (Fsp3) is 0.500. The van der Waals surface area contributed by atoms with Crippen molar-refractivity contribution in [1.29, 1.82) is 0 Å². The Bertz CT molecular complexity index is 1230. The normalized spacial score (nSPS) is 15.2. The molecular weight excluding hydrogens is 595 g/mol. The smallest absolute Gasteiger partial charge is 1.00 e. The third-order valence-corrected chi connectivity index (χ3v) is 6.75. The van der Waals surface area contributed by atoms with Gasteiger partial charge < -0.3 is 24.8 Å². The van der Waals surface area contributed by atoms with Crippen molar-refractivity contribution in [2.75, 3.05) is 0 Å². The van der Waals surface area contributed by atoms with Gasteiger partial charge in [0.25, 0.3) is 0 Å². The molecule has 1 aliphatic carbocycles. The van der Waals surface area contributed by atoms with Gasteiger partial charge in [0.05, 0.1) is 0 Å². The van der Waals surface area contributed by atoms with Crippen LogP contribution in [0.1, 0.15) is 108 Å². The van der Waals surface area contributed by atoms with Gasteiger partial charge in [0.2, 0.25) is 0 Å². The zero-order valence-electron chi connectivity index (χ0n) is 26.7. The molecule has 1 aliphatic rings. The molecule has 39 heavy (non-hydrogen) atoms. The minimum absolute atomic E-state index is 0. The van der Waals surface area contributed by atoms with Gasteiger partial charge in [-0.15, -0.1) is 39.7 Å². The summed E-state index contributed by atoms with van der Waals surface area (Å²) in [5.41, 5.74) is 6.42. The molecule has 4 rings (SSSR count). The Morgan fingerprint density at radius 2 is 1.15 bits per heavy atom. The first kappa shape index (κ1) is 38.1. The second-order valence-corrected chi connectivity index (χ2v) is 16.3. The van der Waals surface area contributed by atoms with Gasteiger partial charge in [0, 0.05) is 0 Å². The molecule has 0 radical (unpaired) electrons. The molecule has 0 nitrogen and oxygen atoms in total. The zero-order chi connectivity index (χ0) is 28.3. The number of allylic oxidation sites excluding steroid dienone is 4. The fourth-order valence-corrected chi connectivity index (χ4v) is 4.67. The second kappa shape index (κ2) is 14.8. The minimum atomic E-state index is 0. The molecule has 0 aromatic heterocycles. The molecule has 1 atom stereocenters. The third kappa shape index (κ3) is 10.8. The maximum atomic E-state index is 3.48. The Morgan fingerprint density at radius 3 is 1.44 bits per heavy atom. The van der Waals surface area contributed by atoms with Gasteiger partial charge in [-0.25, -0.2) is 5.57 Å². The fourth-order valence-electron chi connectivity index (χ4n) is 4.67. The van der Waals surface area contributed by atoms with E-state index in [0.29, 0.717) is 11.3 Å². The Morgan fingerprint density at radius 1 is 0.769 bits per heavy atom. The first-order valence-electron chi connectivity index (χ1n) is 13.9. The first-order chi connectivity index (χ1) is 16.8. The Kier molecular flexibility index (Phi) is 14.5. The van der Waals surface area contributed by atoms with Crippen LogP contribution in [0.2, 0.25) is 0 Å². The Labute approximate surface area is 267 Å². The zero-order valence-corrected chi connectivity index (χ0v) is 30.6. The Hall–Kier alpha value is -0.877. The maximum Gasteiger partial charge on any atom is -1.00 e. The molecule has 0 heterocycles. The summed E-state index contributed by atoms with van der Waals surface area (Å²) in [6.45, 7) is 29.1. The van der Waals surface area contributed by atoms with Gasteiger partial charge in [-0.2, -0.15) is 11.6 Å². The van der Waals surface area contributed by atoms with Crippen LogP contribution in [0.15, 0.2) is 59.7 Å². The van der Waals surface area contributed by atoms with Crippen LogP contribution in [0.25, 0.3) is 21.5 Å². The van der Waals surface area contributed by atoms with E-state index in [-0.39, 0.29) is 35.6 Å². The van der Waals surface area contributed by atoms with Crippen LogP contribution in [0.3, 0.4) is 0 Å². The summed E-state index contributed by atoms with van der Waals surface area (Å²) < 4.78 is 1.51. The average Bonchev–Trinajstić information content (AvgIpc) is 3.31. The van der Waals surface area contributed by atoms with Crippen LogP contribution in [0.5, 0.6) is 0 Å². The van der Waals surface area contributed by atoms with Gasteiger partial charge in [-0.3, -0.25) is 6.08 Å². The predicted molar refractivity (Wildman–Crippen MR) is 165 cm³/mol. The van der Waals surface area contributed by atoms with E-state index in [9.17, 15) is 0 Å². The van der Waals surface area contributed by atoms with Crippen LogP contribution < -0.4 is 24.8 Å². The van der Waals surface area contributed by atoms with Crippen LogP contribution in [0.4, 0.5) is 0 Å². The van der Waals surface area contributed by atoms with Crippen molar-refractivity contribution in [3.8, 4) is 0 Å². The van der Waals surface area contributed by atoms with E-state index in [4.69, 9.17) is 0 Å². The van der Waals surface area contributed by atoms with E-state index < -0.39 is 0 Å². The summed E-state index contributed by atoms with van der Waals surface area (Å²) in [5.74, 6) is 0.522. The monoisotopic (exact) mass is 642 g/mol. The van der Waals surface area contributed by atoms with E-state index >= 15 is 0 Å². The van der Waals surface area contributed by atoms with Gasteiger partial charge in [0.15, 0.2) is 0 Å². The topological polar surface area (TPSA) is 0 Å².